The number of hydrogen-bond acceptors (Lipinski definition) is 3. The minimum Gasteiger partial charge on any atom is -0.338 e. The van der Waals surface area contributed by atoms with E-state index in [1.807, 2.05) is 36.4 Å². The maximum atomic E-state index is 11.9. The molecule has 3 rings (SSSR count). The van der Waals surface area contributed by atoms with E-state index in [1.54, 1.807) is 4.90 Å². The molecule has 1 fully saturated rings. The first-order chi connectivity index (χ1) is 9.28. The highest BCUT2D eigenvalue weighted by Crippen LogP contribution is 2.29. The largest absolute Gasteiger partial charge is 0.338 e. The highest BCUT2D eigenvalue weighted by Gasteiger charge is 2.32. The van der Waals surface area contributed by atoms with Crippen molar-refractivity contribution >= 4 is 27.7 Å². The molecule has 1 aliphatic rings. The van der Waals surface area contributed by atoms with Gasteiger partial charge < -0.3 is 4.52 Å². The predicted octanol–water partition coefficient (Wildman–Crippen LogP) is 3.09. The Bertz CT molecular complexity index is 582. The zero-order valence-corrected chi connectivity index (χ0v) is 11.8. The molecule has 0 spiro atoms. The first-order valence-corrected chi connectivity index (χ1v) is 7.28. The molecular weight excluding hydrogens is 308 g/mol. The van der Waals surface area contributed by atoms with E-state index in [0.717, 1.165) is 16.6 Å². The maximum Gasteiger partial charge on any atom is 0.234 e. The maximum absolute atomic E-state index is 11.9. The van der Waals surface area contributed by atoms with Gasteiger partial charge in [-0.15, -0.1) is 0 Å². The molecule has 1 atom stereocenters. The lowest BCUT2D eigenvalue weighted by Crippen LogP contribution is -2.24. The van der Waals surface area contributed by atoms with Crippen LogP contribution in [0.4, 0.5) is 5.88 Å². The van der Waals surface area contributed by atoms with Crippen molar-refractivity contribution in [3.8, 4) is 11.3 Å². The zero-order valence-electron chi connectivity index (χ0n) is 10.3. The molecule has 1 unspecified atom stereocenters. The van der Waals surface area contributed by atoms with Gasteiger partial charge in [0, 0.05) is 29.9 Å². The topological polar surface area (TPSA) is 46.3 Å². The third-order valence-electron chi connectivity index (χ3n) is 3.26. The summed E-state index contributed by atoms with van der Waals surface area (Å²) in [6, 6.07) is 11.6. The molecule has 2 aromatic rings. The molecule has 1 saturated heterocycles. The second-order valence-electron chi connectivity index (χ2n) is 4.65. The molecule has 1 aliphatic heterocycles. The van der Waals surface area contributed by atoms with Crippen molar-refractivity contribution in [3.63, 3.8) is 0 Å². The second-order valence-corrected chi connectivity index (χ2v) is 5.29. The molecule has 1 amide bonds. The SMILES string of the molecule is O=C1CC(CBr)CN1c1cc(-c2ccccc2)no1. The van der Waals surface area contributed by atoms with Gasteiger partial charge >= 0.3 is 0 Å². The number of halogens is 1. The zero-order chi connectivity index (χ0) is 13.2. The Balaban J connectivity index is 1.84. The van der Waals surface area contributed by atoms with Crippen LogP contribution in [0.25, 0.3) is 11.3 Å². The predicted molar refractivity (Wildman–Crippen MR) is 76.2 cm³/mol. The van der Waals surface area contributed by atoms with Gasteiger partial charge in [-0.25, -0.2) is 0 Å². The smallest absolute Gasteiger partial charge is 0.234 e. The fourth-order valence-electron chi connectivity index (χ4n) is 2.24. The van der Waals surface area contributed by atoms with E-state index in [4.69, 9.17) is 4.52 Å². The standard InChI is InChI=1S/C14H13BrN2O2/c15-8-10-6-13(18)17(9-10)14-7-12(16-19-14)11-4-2-1-3-5-11/h1-5,7,10H,6,8-9H2. The summed E-state index contributed by atoms with van der Waals surface area (Å²) in [6.07, 6.45) is 0.562. The van der Waals surface area contributed by atoms with Crippen molar-refractivity contribution in [3.05, 3.63) is 36.4 Å². The van der Waals surface area contributed by atoms with Gasteiger partial charge in [0.05, 0.1) is 0 Å². The number of carbonyl (C=O) groups is 1. The number of carbonyl (C=O) groups excluding carboxylic acids is 1. The Morgan fingerprint density at radius 2 is 2.16 bits per heavy atom. The molecule has 1 aromatic heterocycles. The summed E-state index contributed by atoms with van der Waals surface area (Å²) < 4.78 is 5.31. The number of benzene rings is 1. The van der Waals surface area contributed by atoms with Gasteiger partial charge in [0.25, 0.3) is 0 Å². The van der Waals surface area contributed by atoms with E-state index in [-0.39, 0.29) is 5.91 Å². The van der Waals surface area contributed by atoms with Gasteiger partial charge in [0.15, 0.2) is 0 Å². The van der Waals surface area contributed by atoms with E-state index in [1.165, 1.54) is 0 Å². The second kappa shape index (κ2) is 5.17. The van der Waals surface area contributed by atoms with E-state index in [2.05, 4.69) is 21.1 Å². The number of anilines is 1. The lowest BCUT2D eigenvalue weighted by atomic mass is 10.1. The lowest BCUT2D eigenvalue weighted by molar-refractivity contribution is -0.117. The molecule has 98 valence electrons. The summed E-state index contributed by atoms with van der Waals surface area (Å²) in [5, 5.41) is 4.86. The van der Waals surface area contributed by atoms with Crippen molar-refractivity contribution in [2.45, 2.75) is 6.42 Å². The van der Waals surface area contributed by atoms with Crippen LogP contribution in [0.15, 0.2) is 40.9 Å². The summed E-state index contributed by atoms with van der Waals surface area (Å²) in [7, 11) is 0. The quantitative estimate of drug-likeness (QED) is 0.816. The Labute approximate surface area is 119 Å². The third-order valence-corrected chi connectivity index (χ3v) is 4.17. The van der Waals surface area contributed by atoms with Crippen molar-refractivity contribution in [2.75, 3.05) is 16.8 Å². The van der Waals surface area contributed by atoms with Crippen LogP contribution in [0.1, 0.15) is 6.42 Å². The molecule has 0 N–H and O–H groups in total. The van der Waals surface area contributed by atoms with Crippen molar-refractivity contribution in [1.82, 2.24) is 5.16 Å². The molecule has 5 heteroatoms. The number of amides is 1. The van der Waals surface area contributed by atoms with Crippen LogP contribution in [0.2, 0.25) is 0 Å². The molecule has 1 aromatic carbocycles. The van der Waals surface area contributed by atoms with Crippen LogP contribution in [0.5, 0.6) is 0 Å². The number of hydrogen-bond donors (Lipinski definition) is 0. The van der Waals surface area contributed by atoms with Gasteiger partial charge in [-0.2, -0.15) is 0 Å². The number of alkyl halides is 1. The normalized spacial score (nSPS) is 19.1. The summed E-state index contributed by atoms with van der Waals surface area (Å²) in [5.41, 5.74) is 1.74. The van der Waals surface area contributed by atoms with Gasteiger partial charge in [-0.1, -0.05) is 51.4 Å². The Morgan fingerprint density at radius 3 is 2.84 bits per heavy atom. The van der Waals surface area contributed by atoms with Crippen LogP contribution < -0.4 is 4.90 Å². The molecule has 4 nitrogen and oxygen atoms in total. The number of rotatable bonds is 3. The summed E-state index contributed by atoms with van der Waals surface area (Å²) in [5.74, 6) is 0.977. The Kier molecular flexibility index (Phi) is 3.38. The molecule has 2 heterocycles. The van der Waals surface area contributed by atoms with Gasteiger partial charge in [-0.3, -0.25) is 9.69 Å². The summed E-state index contributed by atoms with van der Waals surface area (Å²) >= 11 is 3.42. The third kappa shape index (κ3) is 2.42. The average molecular weight is 321 g/mol. The molecular formula is C14H13BrN2O2. The fourth-order valence-corrected chi connectivity index (χ4v) is 2.67. The monoisotopic (exact) mass is 320 g/mol. The van der Waals surface area contributed by atoms with Crippen LogP contribution in [-0.4, -0.2) is 22.9 Å². The minimum atomic E-state index is 0.0974. The van der Waals surface area contributed by atoms with Crippen molar-refractivity contribution in [1.29, 1.82) is 0 Å². The van der Waals surface area contributed by atoms with Crippen LogP contribution in [0, 0.1) is 5.92 Å². The summed E-state index contributed by atoms with van der Waals surface area (Å²) in [6.45, 7) is 0.688. The first-order valence-electron chi connectivity index (χ1n) is 6.16. The Hall–Kier alpha value is -1.62. The van der Waals surface area contributed by atoms with E-state index >= 15 is 0 Å². The minimum absolute atomic E-state index is 0.0974. The van der Waals surface area contributed by atoms with Crippen molar-refractivity contribution < 1.29 is 9.32 Å². The van der Waals surface area contributed by atoms with E-state index in [0.29, 0.717) is 24.8 Å². The molecule has 19 heavy (non-hydrogen) atoms. The van der Waals surface area contributed by atoms with Gasteiger partial charge in [0.1, 0.15) is 5.69 Å². The number of aromatic nitrogens is 1. The Morgan fingerprint density at radius 1 is 1.37 bits per heavy atom. The fraction of sp³-hybridized carbons (Fsp3) is 0.286. The highest BCUT2D eigenvalue weighted by atomic mass is 79.9. The van der Waals surface area contributed by atoms with E-state index in [9.17, 15) is 4.79 Å². The van der Waals surface area contributed by atoms with Gasteiger partial charge in [0.2, 0.25) is 11.8 Å². The molecule has 0 aliphatic carbocycles. The first kappa shape index (κ1) is 12.4. The number of nitrogens with zero attached hydrogens (tertiary/aromatic N) is 2. The highest BCUT2D eigenvalue weighted by molar-refractivity contribution is 9.09. The molecule has 0 radical (unpaired) electrons. The molecule has 0 saturated carbocycles. The lowest BCUT2D eigenvalue weighted by Gasteiger charge is -2.10. The van der Waals surface area contributed by atoms with Gasteiger partial charge in [-0.05, 0) is 5.92 Å². The van der Waals surface area contributed by atoms with Crippen LogP contribution in [0.3, 0.4) is 0 Å². The molecule has 0 bridgehead atoms. The average Bonchev–Trinajstić information content (AvgIpc) is 3.06. The van der Waals surface area contributed by atoms with E-state index < -0.39 is 0 Å². The van der Waals surface area contributed by atoms with Crippen LogP contribution in [-0.2, 0) is 4.79 Å². The van der Waals surface area contributed by atoms with Crippen molar-refractivity contribution in [2.24, 2.45) is 5.92 Å². The van der Waals surface area contributed by atoms with Crippen LogP contribution >= 0.6 is 15.9 Å². The summed E-state index contributed by atoms with van der Waals surface area (Å²) in [4.78, 5) is 13.6.